The van der Waals surface area contributed by atoms with Gasteiger partial charge in [-0.2, -0.15) is 0 Å². The maximum atomic E-state index is 12.1. The van der Waals surface area contributed by atoms with Crippen LogP contribution in [0.5, 0.6) is 0 Å². The molecule has 0 saturated carbocycles. The molecule has 1 amide bonds. The molecule has 0 fully saturated rings. The molecule has 0 aromatic heterocycles. The maximum Gasteiger partial charge on any atom is 0.258 e. The van der Waals surface area contributed by atoms with E-state index in [1.165, 1.54) is 6.20 Å². The Bertz CT molecular complexity index is 515. The Morgan fingerprint density at radius 3 is 2.26 bits per heavy atom. The Balaban J connectivity index is 2.94. The summed E-state index contributed by atoms with van der Waals surface area (Å²) in [5, 5.41) is 6.12. The zero-order chi connectivity index (χ0) is 14.4. The summed E-state index contributed by atoms with van der Waals surface area (Å²) in [7, 11) is 1.70. The van der Waals surface area contributed by atoms with Gasteiger partial charge in [0, 0.05) is 24.0 Å². The molecule has 5 heteroatoms. The van der Waals surface area contributed by atoms with Crippen LogP contribution in [-0.4, -0.2) is 13.0 Å². The molecule has 0 bridgehead atoms. The van der Waals surface area contributed by atoms with Crippen LogP contribution in [0.4, 0.5) is 5.69 Å². The van der Waals surface area contributed by atoms with Crippen molar-refractivity contribution in [3.8, 4) is 0 Å². The highest BCUT2D eigenvalue weighted by atomic mass is 35.5. The summed E-state index contributed by atoms with van der Waals surface area (Å²) >= 11 is 12.0. The van der Waals surface area contributed by atoms with Crippen LogP contribution < -0.4 is 10.6 Å². The van der Waals surface area contributed by atoms with Crippen molar-refractivity contribution >= 4 is 34.8 Å². The van der Waals surface area contributed by atoms with Crippen LogP contribution in [0.3, 0.4) is 0 Å². The van der Waals surface area contributed by atoms with Gasteiger partial charge in [0.05, 0.1) is 10.6 Å². The second kappa shape index (κ2) is 7.22. The van der Waals surface area contributed by atoms with Crippen LogP contribution in [0.2, 0.25) is 0 Å². The van der Waals surface area contributed by atoms with E-state index in [1.807, 2.05) is 31.2 Å². The van der Waals surface area contributed by atoms with E-state index in [4.69, 9.17) is 23.2 Å². The summed E-state index contributed by atoms with van der Waals surface area (Å²) in [5.74, 6) is -0.340. The number of carbonyl (C=O) groups excluding carboxylic acids is 1. The van der Waals surface area contributed by atoms with E-state index < -0.39 is 0 Å². The lowest BCUT2D eigenvalue weighted by Crippen LogP contribution is -2.16. The minimum Gasteiger partial charge on any atom is -0.393 e. The molecule has 0 spiro atoms. The van der Waals surface area contributed by atoms with Crippen molar-refractivity contribution in [3.63, 3.8) is 0 Å². The van der Waals surface area contributed by atoms with Crippen LogP contribution >= 0.6 is 23.2 Å². The molecule has 0 saturated heterocycles. The number of halogens is 2. The predicted molar refractivity (Wildman–Crippen MR) is 81.4 cm³/mol. The molecule has 0 radical (unpaired) electrons. The minimum absolute atomic E-state index is 0.248. The van der Waals surface area contributed by atoms with Gasteiger partial charge in [0.2, 0.25) is 0 Å². The number of hydrogen-bond donors (Lipinski definition) is 2. The maximum absolute atomic E-state index is 12.1. The number of benzene rings is 1. The fourth-order valence-electron chi connectivity index (χ4n) is 1.46. The molecule has 102 valence electrons. The van der Waals surface area contributed by atoms with E-state index in [0.29, 0.717) is 10.7 Å². The summed E-state index contributed by atoms with van der Waals surface area (Å²) in [5.41, 5.74) is 2.06. The molecule has 1 aromatic rings. The average Bonchev–Trinajstić information content (AvgIpc) is 2.32. The Hall–Kier alpha value is -1.45. The Morgan fingerprint density at radius 1 is 1.21 bits per heavy atom. The molecule has 0 aliphatic rings. The van der Waals surface area contributed by atoms with E-state index >= 15 is 0 Å². The molecule has 0 aliphatic heterocycles. The van der Waals surface area contributed by atoms with Crippen molar-refractivity contribution in [2.24, 2.45) is 0 Å². The number of hydrogen-bond acceptors (Lipinski definition) is 2. The Morgan fingerprint density at radius 2 is 1.79 bits per heavy atom. The first-order chi connectivity index (χ1) is 8.95. The SMILES string of the molecule is CN/C=C(Cl)\C(C(=O)Nc1ccc(C)cc1)=C(/C)Cl. The highest BCUT2D eigenvalue weighted by Gasteiger charge is 2.16. The lowest BCUT2D eigenvalue weighted by molar-refractivity contribution is -0.112. The third kappa shape index (κ3) is 4.62. The van der Waals surface area contributed by atoms with E-state index in [-0.39, 0.29) is 16.5 Å². The lowest BCUT2D eigenvalue weighted by atomic mass is 10.2. The molecule has 19 heavy (non-hydrogen) atoms. The van der Waals surface area contributed by atoms with E-state index in [1.54, 1.807) is 14.0 Å². The quantitative estimate of drug-likeness (QED) is 0.657. The Labute approximate surface area is 123 Å². The van der Waals surface area contributed by atoms with Crippen molar-refractivity contribution in [1.29, 1.82) is 0 Å². The molecule has 1 aromatic carbocycles. The third-order valence-electron chi connectivity index (χ3n) is 2.39. The number of nitrogens with one attached hydrogen (secondary N) is 2. The third-order valence-corrected chi connectivity index (χ3v) is 2.88. The molecular weight excluding hydrogens is 283 g/mol. The number of amides is 1. The molecule has 3 nitrogen and oxygen atoms in total. The van der Waals surface area contributed by atoms with Gasteiger partial charge in [0.1, 0.15) is 0 Å². The van der Waals surface area contributed by atoms with Gasteiger partial charge in [0.25, 0.3) is 5.91 Å². The van der Waals surface area contributed by atoms with Crippen molar-refractivity contribution in [2.45, 2.75) is 13.8 Å². The molecule has 2 N–H and O–H groups in total. The first-order valence-corrected chi connectivity index (χ1v) is 6.49. The number of carbonyl (C=O) groups is 1. The number of allylic oxidation sites excluding steroid dienone is 1. The number of anilines is 1. The normalized spacial score (nSPS) is 12.8. The summed E-state index contributed by atoms with van der Waals surface area (Å²) in [6.45, 7) is 3.60. The zero-order valence-electron chi connectivity index (χ0n) is 11.1. The zero-order valence-corrected chi connectivity index (χ0v) is 12.6. The van der Waals surface area contributed by atoms with E-state index in [0.717, 1.165) is 5.56 Å². The molecule has 0 aliphatic carbocycles. The largest absolute Gasteiger partial charge is 0.393 e. The summed E-state index contributed by atoms with van der Waals surface area (Å²) in [6, 6.07) is 7.48. The topological polar surface area (TPSA) is 41.1 Å². The second-order valence-electron chi connectivity index (χ2n) is 4.01. The Kier molecular flexibility index (Phi) is 5.93. The minimum atomic E-state index is -0.340. The first kappa shape index (κ1) is 15.6. The molecule has 0 unspecified atom stereocenters. The summed E-state index contributed by atoms with van der Waals surface area (Å²) < 4.78 is 0. The van der Waals surface area contributed by atoms with Crippen LogP contribution in [0.15, 0.2) is 46.1 Å². The van der Waals surface area contributed by atoms with Crippen molar-refractivity contribution in [2.75, 3.05) is 12.4 Å². The summed E-state index contributed by atoms with van der Waals surface area (Å²) in [4.78, 5) is 12.1. The van der Waals surface area contributed by atoms with Gasteiger partial charge >= 0.3 is 0 Å². The van der Waals surface area contributed by atoms with Gasteiger partial charge in [-0.3, -0.25) is 4.79 Å². The first-order valence-electron chi connectivity index (χ1n) is 5.73. The van der Waals surface area contributed by atoms with Crippen LogP contribution in [0.25, 0.3) is 0 Å². The van der Waals surface area contributed by atoms with E-state index in [9.17, 15) is 4.79 Å². The van der Waals surface area contributed by atoms with Crippen molar-refractivity contribution in [1.82, 2.24) is 5.32 Å². The van der Waals surface area contributed by atoms with Gasteiger partial charge < -0.3 is 10.6 Å². The van der Waals surface area contributed by atoms with Gasteiger partial charge in [-0.25, -0.2) is 0 Å². The van der Waals surface area contributed by atoms with Gasteiger partial charge in [-0.1, -0.05) is 40.9 Å². The predicted octanol–water partition coefficient (Wildman–Crippen LogP) is 3.75. The van der Waals surface area contributed by atoms with Gasteiger partial charge in [-0.05, 0) is 26.0 Å². The molecule has 0 heterocycles. The van der Waals surface area contributed by atoms with Crippen LogP contribution in [0, 0.1) is 6.92 Å². The van der Waals surface area contributed by atoms with Crippen molar-refractivity contribution < 1.29 is 4.79 Å². The van der Waals surface area contributed by atoms with Gasteiger partial charge in [-0.15, -0.1) is 0 Å². The fourth-order valence-corrected chi connectivity index (χ4v) is 2.03. The lowest BCUT2D eigenvalue weighted by Gasteiger charge is -2.09. The summed E-state index contributed by atoms with van der Waals surface area (Å²) in [6.07, 6.45) is 1.51. The highest BCUT2D eigenvalue weighted by Crippen LogP contribution is 2.22. The van der Waals surface area contributed by atoms with Crippen LogP contribution in [0.1, 0.15) is 12.5 Å². The average molecular weight is 299 g/mol. The fraction of sp³-hybridized carbons (Fsp3) is 0.214. The smallest absolute Gasteiger partial charge is 0.258 e. The second-order valence-corrected chi connectivity index (χ2v) is 4.98. The molecular formula is C14H16Cl2N2O. The van der Waals surface area contributed by atoms with E-state index in [2.05, 4.69) is 10.6 Å². The van der Waals surface area contributed by atoms with Gasteiger partial charge in [0.15, 0.2) is 0 Å². The monoisotopic (exact) mass is 298 g/mol. The standard InChI is InChI=1S/C14H16Cl2N2O/c1-9-4-6-11(7-5-9)18-14(19)13(10(2)15)12(16)8-17-3/h4-8,17H,1-3H3,(H,18,19)/b12-8+,13-10-. The highest BCUT2D eigenvalue weighted by molar-refractivity contribution is 6.40. The van der Waals surface area contributed by atoms with Crippen molar-refractivity contribution in [3.05, 3.63) is 51.7 Å². The molecule has 1 rings (SSSR count). The number of rotatable bonds is 4. The molecule has 0 atom stereocenters. The number of aryl methyl sites for hydroxylation is 1. The van der Waals surface area contributed by atoms with Crippen LogP contribution in [-0.2, 0) is 4.79 Å².